The molecule has 0 saturated carbocycles. The van der Waals surface area contributed by atoms with Gasteiger partial charge in [-0.15, -0.1) is 0 Å². The summed E-state index contributed by atoms with van der Waals surface area (Å²) in [4.78, 5) is 0. The summed E-state index contributed by atoms with van der Waals surface area (Å²) < 4.78 is 0. The summed E-state index contributed by atoms with van der Waals surface area (Å²) in [6.07, 6.45) is -2.20. The molecule has 3 N–H and O–H groups in total. The summed E-state index contributed by atoms with van der Waals surface area (Å²) in [5.74, 6) is 0.905. The molecule has 3 nitrogen and oxygen atoms in total. The number of rotatable bonds is 6. The monoisotopic (exact) mass is 294 g/mol. The normalized spacial score (nSPS) is 15.0. The fraction of sp³-hybridized carbons (Fsp3) is 0.667. The molecule has 3 heteroatoms. The zero-order valence-corrected chi connectivity index (χ0v) is 14.1. The molecule has 0 saturated heterocycles. The van der Waals surface area contributed by atoms with Crippen LogP contribution in [0, 0.1) is 0 Å². The molecule has 0 bridgehead atoms. The van der Waals surface area contributed by atoms with Crippen LogP contribution >= 0.6 is 0 Å². The van der Waals surface area contributed by atoms with Crippen molar-refractivity contribution < 1.29 is 15.3 Å². The second-order valence-electron chi connectivity index (χ2n) is 6.77. The summed E-state index contributed by atoms with van der Waals surface area (Å²) in [6.45, 7) is 12.2. The summed E-state index contributed by atoms with van der Waals surface area (Å²) in [7, 11) is 0. The van der Waals surface area contributed by atoms with Gasteiger partial charge in [-0.05, 0) is 40.0 Å². The first-order chi connectivity index (χ1) is 9.70. The average molecular weight is 294 g/mol. The summed E-state index contributed by atoms with van der Waals surface area (Å²) in [6, 6.07) is 4.26. The molecule has 0 aromatic heterocycles. The Morgan fingerprint density at radius 1 is 0.810 bits per heavy atom. The van der Waals surface area contributed by atoms with Crippen LogP contribution in [0.2, 0.25) is 0 Å². The lowest BCUT2D eigenvalue weighted by Gasteiger charge is -2.27. The van der Waals surface area contributed by atoms with E-state index in [2.05, 4.69) is 53.7 Å². The van der Waals surface area contributed by atoms with Gasteiger partial charge in [0.2, 0.25) is 0 Å². The number of aliphatic hydroxyl groups excluding tert-OH is 3. The highest BCUT2D eigenvalue weighted by molar-refractivity contribution is 5.45. The fourth-order valence-electron chi connectivity index (χ4n) is 2.65. The predicted octanol–water partition coefficient (Wildman–Crippen LogP) is 3.44. The first-order valence-electron chi connectivity index (χ1n) is 7.85. The van der Waals surface area contributed by atoms with Crippen molar-refractivity contribution in [3.8, 4) is 0 Å². The molecule has 1 aromatic carbocycles. The standard InChI is InChI=1S/C18H30O3/c1-10(2)13-7-14(11(3)4)17(15(8-13)12(5)6)18(21)16(20)9-19/h7-8,10-12,16,18-21H,9H2,1-6H3. The molecule has 0 aliphatic heterocycles. The van der Waals surface area contributed by atoms with Gasteiger partial charge in [-0.1, -0.05) is 53.7 Å². The third-order valence-electron chi connectivity index (χ3n) is 4.02. The van der Waals surface area contributed by atoms with Gasteiger partial charge < -0.3 is 15.3 Å². The lowest BCUT2D eigenvalue weighted by Crippen LogP contribution is -2.25. The van der Waals surface area contributed by atoms with Crippen molar-refractivity contribution in [1.82, 2.24) is 0 Å². The zero-order chi connectivity index (χ0) is 16.3. The van der Waals surface area contributed by atoms with E-state index in [0.717, 1.165) is 16.7 Å². The summed E-state index contributed by atoms with van der Waals surface area (Å²) >= 11 is 0. The van der Waals surface area contributed by atoms with E-state index in [9.17, 15) is 10.2 Å². The van der Waals surface area contributed by atoms with Gasteiger partial charge in [0.1, 0.15) is 12.2 Å². The van der Waals surface area contributed by atoms with Crippen LogP contribution in [0.25, 0.3) is 0 Å². The van der Waals surface area contributed by atoms with E-state index in [1.54, 1.807) is 0 Å². The molecule has 0 radical (unpaired) electrons. The first-order valence-corrected chi connectivity index (χ1v) is 7.85. The van der Waals surface area contributed by atoms with Crippen molar-refractivity contribution in [3.63, 3.8) is 0 Å². The number of hydrogen-bond donors (Lipinski definition) is 3. The van der Waals surface area contributed by atoms with Crippen LogP contribution in [-0.4, -0.2) is 28.0 Å². The Hall–Kier alpha value is -0.900. The van der Waals surface area contributed by atoms with Crippen LogP contribution in [0.4, 0.5) is 0 Å². The molecule has 2 atom stereocenters. The molecule has 2 unspecified atom stereocenters. The van der Waals surface area contributed by atoms with Gasteiger partial charge in [0.25, 0.3) is 0 Å². The number of hydrogen-bond acceptors (Lipinski definition) is 3. The van der Waals surface area contributed by atoms with Crippen molar-refractivity contribution in [2.24, 2.45) is 0 Å². The van der Waals surface area contributed by atoms with Gasteiger partial charge in [0, 0.05) is 0 Å². The van der Waals surface area contributed by atoms with E-state index in [-0.39, 0.29) is 11.8 Å². The van der Waals surface area contributed by atoms with E-state index in [4.69, 9.17) is 5.11 Å². The Morgan fingerprint density at radius 3 is 1.52 bits per heavy atom. The van der Waals surface area contributed by atoms with Crippen LogP contribution in [0.15, 0.2) is 12.1 Å². The van der Waals surface area contributed by atoms with Gasteiger partial charge in [-0.2, -0.15) is 0 Å². The molecular weight excluding hydrogens is 264 g/mol. The number of aliphatic hydroxyl groups is 3. The molecule has 0 aliphatic carbocycles. The van der Waals surface area contributed by atoms with Gasteiger partial charge >= 0.3 is 0 Å². The third-order valence-corrected chi connectivity index (χ3v) is 4.02. The van der Waals surface area contributed by atoms with Crippen molar-refractivity contribution in [2.75, 3.05) is 6.61 Å². The van der Waals surface area contributed by atoms with Crippen molar-refractivity contribution >= 4 is 0 Å². The molecule has 0 heterocycles. The maximum atomic E-state index is 10.5. The highest BCUT2D eigenvalue weighted by Gasteiger charge is 2.26. The zero-order valence-electron chi connectivity index (χ0n) is 14.1. The molecule has 0 fully saturated rings. The highest BCUT2D eigenvalue weighted by atomic mass is 16.4. The minimum Gasteiger partial charge on any atom is -0.394 e. The largest absolute Gasteiger partial charge is 0.394 e. The fourth-order valence-corrected chi connectivity index (χ4v) is 2.65. The molecule has 1 aromatic rings. The molecular formula is C18H30O3. The summed E-state index contributed by atoms with van der Waals surface area (Å²) in [5, 5.41) is 29.5. The average Bonchev–Trinajstić information content (AvgIpc) is 2.43. The Labute approximate surface area is 128 Å². The molecule has 0 aliphatic rings. The van der Waals surface area contributed by atoms with E-state index < -0.39 is 18.8 Å². The predicted molar refractivity (Wildman–Crippen MR) is 86.8 cm³/mol. The van der Waals surface area contributed by atoms with Crippen LogP contribution in [0.3, 0.4) is 0 Å². The summed E-state index contributed by atoms with van der Waals surface area (Å²) in [5.41, 5.74) is 4.15. The quantitative estimate of drug-likeness (QED) is 0.753. The van der Waals surface area contributed by atoms with Crippen LogP contribution < -0.4 is 0 Å². The second kappa shape index (κ2) is 7.39. The highest BCUT2D eigenvalue weighted by Crippen LogP contribution is 2.36. The Balaban J connectivity index is 3.57. The van der Waals surface area contributed by atoms with Gasteiger partial charge in [-0.25, -0.2) is 0 Å². The molecule has 1 rings (SSSR count). The first kappa shape index (κ1) is 18.1. The third kappa shape index (κ3) is 4.06. The Morgan fingerprint density at radius 2 is 1.24 bits per heavy atom. The molecule has 120 valence electrons. The van der Waals surface area contributed by atoms with Gasteiger partial charge in [0.05, 0.1) is 6.61 Å². The molecule has 0 amide bonds. The van der Waals surface area contributed by atoms with Crippen molar-refractivity contribution in [3.05, 3.63) is 34.4 Å². The van der Waals surface area contributed by atoms with Crippen LogP contribution in [-0.2, 0) is 0 Å². The number of benzene rings is 1. The van der Waals surface area contributed by atoms with Gasteiger partial charge in [0.15, 0.2) is 0 Å². The SMILES string of the molecule is CC(C)c1cc(C(C)C)c(C(O)C(O)CO)c(C(C)C)c1. The van der Waals surface area contributed by atoms with Crippen LogP contribution in [0.1, 0.15) is 87.7 Å². The van der Waals surface area contributed by atoms with Crippen molar-refractivity contribution in [1.29, 1.82) is 0 Å². The van der Waals surface area contributed by atoms with Gasteiger partial charge in [-0.3, -0.25) is 0 Å². The minimum atomic E-state index is -1.15. The minimum absolute atomic E-state index is 0.247. The molecule has 21 heavy (non-hydrogen) atoms. The lowest BCUT2D eigenvalue weighted by molar-refractivity contribution is -0.0162. The van der Waals surface area contributed by atoms with E-state index >= 15 is 0 Å². The Kier molecular flexibility index (Phi) is 6.39. The van der Waals surface area contributed by atoms with E-state index in [1.807, 2.05) is 0 Å². The second-order valence-corrected chi connectivity index (χ2v) is 6.77. The maximum Gasteiger partial charge on any atom is 0.108 e. The van der Waals surface area contributed by atoms with Crippen molar-refractivity contribution in [2.45, 2.75) is 71.5 Å². The van der Waals surface area contributed by atoms with Crippen LogP contribution in [0.5, 0.6) is 0 Å². The van der Waals surface area contributed by atoms with E-state index in [0.29, 0.717) is 5.92 Å². The maximum absolute atomic E-state index is 10.5. The lowest BCUT2D eigenvalue weighted by atomic mass is 9.81. The molecule has 0 spiro atoms. The topological polar surface area (TPSA) is 60.7 Å². The smallest absolute Gasteiger partial charge is 0.108 e. The Bertz CT molecular complexity index is 435. The van der Waals surface area contributed by atoms with E-state index in [1.165, 1.54) is 5.56 Å².